The van der Waals surface area contributed by atoms with Crippen molar-refractivity contribution in [2.75, 3.05) is 13.2 Å². The monoisotopic (exact) mass is 730 g/mol. The van der Waals surface area contributed by atoms with Crippen molar-refractivity contribution in [1.82, 2.24) is 0 Å². The molecule has 0 bridgehead atoms. The lowest BCUT2D eigenvalue weighted by Gasteiger charge is -2.39. The summed E-state index contributed by atoms with van der Waals surface area (Å²) in [5, 5.41) is 39.8. The number of hydrogen-bond acceptors (Lipinski definition) is 8. The fourth-order valence-electron chi connectivity index (χ4n) is 7.63. The third-order valence-electron chi connectivity index (χ3n) is 10.5. The second-order valence-electron chi connectivity index (χ2n) is 14.5. The van der Waals surface area contributed by atoms with Crippen LogP contribution in [0.15, 0.2) is 89.7 Å². The predicted octanol–water partition coefficient (Wildman–Crippen LogP) is 6.64. The van der Waals surface area contributed by atoms with E-state index in [9.17, 15) is 29.2 Å². The van der Waals surface area contributed by atoms with Crippen molar-refractivity contribution in [3.63, 3.8) is 0 Å². The van der Waals surface area contributed by atoms with E-state index < -0.39 is 43.7 Å². The van der Waals surface area contributed by atoms with Gasteiger partial charge in [0.1, 0.15) is 60.6 Å². The third-order valence-corrected chi connectivity index (χ3v) is 10.5. The van der Waals surface area contributed by atoms with Gasteiger partial charge in [-0.1, -0.05) is 37.3 Å². The number of fused-ring (bicyclic) bond motifs is 3. The van der Waals surface area contributed by atoms with Gasteiger partial charge in [0.25, 0.3) is 6.43 Å². The van der Waals surface area contributed by atoms with Gasteiger partial charge in [0.05, 0.1) is 17.6 Å². The van der Waals surface area contributed by atoms with Crippen LogP contribution >= 0.6 is 0 Å². The lowest BCUT2D eigenvalue weighted by atomic mass is 9.81. The summed E-state index contributed by atoms with van der Waals surface area (Å²) in [7, 11) is 0. The zero-order valence-corrected chi connectivity index (χ0v) is 30.0. The summed E-state index contributed by atoms with van der Waals surface area (Å²) in [5.74, 6) is 1.51. The van der Waals surface area contributed by atoms with E-state index in [4.69, 9.17) is 18.9 Å². The summed E-state index contributed by atoms with van der Waals surface area (Å²) in [4.78, 5) is 0. The fourth-order valence-corrected chi connectivity index (χ4v) is 7.63. The molecule has 4 aliphatic rings. The van der Waals surface area contributed by atoms with Crippen LogP contribution < -0.4 is 14.2 Å². The van der Waals surface area contributed by atoms with E-state index in [0.29, 0.717) is 16.9 Å². The number of benzene rings is 3. The van der Waals surface area contributed by atoms with Crippen LogP contribution in [0, 0.1) is 0 Å². The summed E-state index contributed by atoms with van der Waals surface area (Å²) in [6, 6.07) is 18.0. The molecule has 9 nitrogen and oxygen atoms in total. The van der Waals surface area contributed by atoms with Crippen molar-refractivity contribution in [3.05, 3.63) is 112 Å². The lowest BCUT2D eigenvalue weighted by Crippen LogP contribution is -2.60. The fraction of sp³-hybridized carbons (Fsp3) is 0.405. The Hall–Kier alpha value is -4.39. The van der Waals surface area contributed by atoms with Crippen LogP contribution in [0.2, 0.25) is 0 Å². The van der Waals surface area contributed by atoms with Gasteiger partial charge in [-0.2, -0.15) is 4.58 Å². The Morgan fingerprint density at radius 3 is 2.49 bits per heavy atom. The van der Waals surface area contributed by atoms with E-state index in [0.717, 1.165) is 49.1 Å². The molecule has 0 unspecified atom stereocenters. The maximum atomic E-state index is 14.4. The molecule has 3 aromatic carbocycles. The number of nitrogens with zero attached hydrogens (tertiary/aromatic N) is 1. The molecule has 1 saturated heterocycles. The standard InChI is InChI=1S/C42H46F2NO8/c1-4-18-45-31-11-6-5-10-30(31)42(2,3)35(45)17-14-25-8-7-9-26-19-27-20-29(40(43)44)33(21-32(27)52-39(25)26)50-23-24-12-15-28(16-13-24)51-41-38(49)37(48)36(47)34(22-46)53-41/h5-6,10-17,19-21,34,36-38,40-41,46-49H,4,7-9,18,22-23H2,1-3H3/q+1/b17-14+/t34-,36+,37+,38-,41-/m1/s1. The molecule has 280 valence electrons. The summed E-state index contributed by atoms with van der Waals surface area (Å²) < 4.78 is 54.7. The van der Waals surface area contributed by atoms with Crippen LogP contribution in [-0.2, 0) is 16.8 Å². The van der Waals surface area contributed by atoms with Gasteiger partial charge in [-0.3, -0.25) is 0 Å². The molecule has 0 spiro atoms. The quantitative estimate of drug-likeness (QED) is 0.162. The average molecular weight is 731 g/mol. The molecule has 3 aliphatic heterocycles. The van der Waals surface area contributed by atoms with Crippen molar-refractivity contribution in [2.24, 2.45) is 0 Å². The number of halogens is 2. The summed E-state index contributed by atoms with van der Waals surface area (Å²) in [6.07, 6.45) is 0.0803. The molecule has 53 heavy (non-hydrogen) atoms. The van der Waals surface area contributed by atoms with Crippen molar-refractivity contribution < 1.29 is 52.7 Å². The Morgan fingerprint density at radius 1 is 0.981 bits per heavy atom. The van der Waals surface area contributed by atoms with Gasteiger partial charge < -0.3 is 39.4 Å². The maximum Gasteiger partial charge on any atom is 0.267 e. The third kappa shape index (κ3) is 7.16. The largest absolute Gasteiger partial charge is 0.488 e. The number of allylic oxidation sites excluding steroid dienone is 4. The minimum atomic E-state index is -2.77. The van der Waals surface area contributed by atoms with Crippen LogP contribution in [0.4, 0.5) is 14.5 Å². The van der Waals surface area contributed by atoms with Gasteiger partial charge in [0, 0.05) is 35.8 Å². The van der Waals surface area contributed by atoms with Gasteiger partial charge in [0.2, 0.25) is 12.0 Å². The number of rotatable bonds is 11. The molecule has 7 rings (SSSR count). The van der Waals surface area contributed by atoms with Crippen LogP contribution in [0.5, 0.6) is 17.2 Å². The topological polar surface area (TPSA) is 121 Å². The summed E-state index contributed by atoms with van der Waals surface area (Å²) >= 11 is 0. The number of ether oxygens (including phenoxy) is 4. The molecule has 3 heterocycles. The normalized spacial score (nSPS) is 24.9. The van der Waals surface area contributed by atoms with Crippen LogP contribution in [0.1, 0.15) is 75.1 Å². The molecule has 1 aliphatic carbocycles. The summed E-state index contributed by atoms with van der Waals surface area (Å²) in [5.41, 5.74) is 6.67. The second-order valence-corrected chi connectivity index (χ2v) is 14.5. The van der Waals surface area contributed by atoms with Crippen LogP contribution in [-0.4, -0.2) is 74.6 Å². The van der Waals surface area contributed by atoms with E-state index in [-0.39, 0.29) is 29.1 Å². The Labute approximate surface area is 307 Å². The number of hydrogen-bond donors (Lipinski definition) is 4. The van der Waals surface area contributed by atoms with E-state index in [1.54, 1.807) is 24.3 Å². The van der Waals surface area contributed by atoms with Gasteiger partial charge >= 0.3 is 0 Å². The zero-order valence-electron chi connectivity index (χ0n) is 30.0. The van der Waals surface area contributed by atoms with Gasteiger partial charge in [-0.05, 0) is 80.2 Å². The number of para-hydroxylation sites is 1. The first-order valence-electron chi connectivity index (χ1n) is 18.2. The van der Waals surface area contributed by atoms with E-state index in [1.165, 1.54) is 29.1 Å². The first-order chi connectivity index (χ1) is 25.5. The minimum absolute atomic E-state index is 0.0157. The Bertz CT molecular complexity index is 1970. The number of aliphatic hydroxyl groups excluding tert-OH is 4. The molecule has 0 radical (unpaired) electrons. The molecule has 1 fully saturated rings. The Kier molecular flexibility index (Phi) is 10.6. The number of aliphatic hydroxyl groups is 4. The molecule has 11 heteroatoms. The molecule has 0 amide bonds. The molecule has 3 aromatic rings. The van der Waals surface area contributed by atoms with Gasteiger partial charge in [-0.15, -0.1) is 0 Å². The highest BCUT2D eigenvalue weighted by Gasteiger charge is 2.45. The molecule has 0 aromatic heterocycles. The predicted molar refractivity (Wildman–Crippen MR) is 195 cm³/mol. The maximum absolute atomic E-state index is 14.4. The molecule has 0 saturated carbocycles. The average Bonchev–Trinajstić information content (AvgIpc) is 3.37. The Balaban J connectivity index is 1.10. The minimum Gasteiger partial charge on any atom is -0.488 e. The highest BCUT2D eigenvalue weighted by Crippen LogP contribution is 2.45. The molecular formula is C42H46F2NO8+. The molecule has 4 N–H and O–H groups in total. The Morgan fingerprint density at radius 2 is 1.75 bits per heavy atom. The lowest BCUT2D eigenvalue weighted by molar-refractivity contribution is -0.437. The highest BCUT2D eigenvalue weighted by atomic mass is 19.3. The number of alkyl halides is 2. The van der Waals surface area contributed by atoms with Crippen molar-refractivity contribution in [1.29, 1.82) is 0 Å². The van der Waals surface area contributed by atoms with Crippen molar-refractivity contribution >= 4 is 17.5 Å². The van der Waals surface area contributed by atoms with Gasteiger partial charge in [0.15, 0.2) is 5.71 Å². The molecule has 5 atom stereocenters. The second kappa shape index (κ2) is 15.2. The molecular weight excluding hydrogens is 684 g/mol. The first kappa shape index (κ1) is 36.9. The highest BCUT2D eigenvalue weighted by molar-refractivity contribution is 6.03. The first-order valence-corrected chi connectivity index (χ1v) is 18.2. The smallest absolute Gasteiger partial charge is 0.267 e. The zero-order chi connectivity index (χ0) is 37.4. The van der Waals surface area contributed by atoms with Crippen molar-refractivity contribution in [2.45, 2.75) is 95.6 Å². The van der Waals surface area contributed by atoms with Crippen LogP contribution in [0.3, 0.4) is 0 Å². The van der Waals surface area contributed by atoms with Crippen molar-refractivity contribution in [3.8, 4) is 17.2 Å². The van der Waals surface area contributed by atoms with E-state index in [1.807, 2.05) is 6.08 Å². The van der Waals surface area contributed by atoms with E-state index >= 15 is 0 Å². The van der Waals surface area contributed by atoms with E-state index in [2.05, 4.69) is 61.8 Å². The SMILES string of the molecule is CCC[N+]1=C(/C=C/C2=C3Oc4cc(OCc5ccc(O[C@@H]6O[C@H](CO)[C@H](O)[C@H](O)[C@H]6O)cc5)c(C(F)F)cc4C=C3CCC2)C(C)(C)c2ccccc21. The summed E-state index contributed by atoms with van der Waals surface area (Å²) in [6.45, 7) is 7.01. The van der Waals surface area contributed by atoms with Crippen LogP contribution in [0.25, 0.3) is 6.08 Å². The van der Waals surface area contributed by atoms with Gasteiger partial charge in [-0.25, -0.2) is 8.78 Å².